The first kappa shape index (κ1) is 15.8. The molecule has 1 saturated carbocycles. The van der Waals surface area contributed by atoms with Crippen molar-refractivity contribution in [3.8, 4) is 0 Å². The summed E-state index contributed by atoms with van der Waals surface area (Å²) in [7, 11) is 0. The Balaban J connectivity index is 1.88. The maximum absolute atomic E-state index is 11.7. The van der Waals surface area contributed by atoms with E-state index in [9.17, 15) is 4.79 Å². The predicted molar refractivity (Wildman–Crippen MR) is 85.5 cm³/mol. The lowest BCUT2D eigenvalue weighted by Gasteiger charge is -2.29. The van der Waals surface area contributed by atoms with Gasteiger partial charge in [-0.05, 0) is 43.0 Å². The number of carbonyl (C=O) groups excluding carboxylic acids is 1. The number of anilines is 1. The van der Waals surface area contributed by atoms with Crippen molar-refractivity contribution in [1.29, 1.82) is 0 Å². The molecule has 21 heavy (non-hydrogen) atoms. The minimum Gasteiger partial charge on any atom is -0.395 e. The highest BCUT2D eigenvalue weighted by molar-refractivity contribution is 5.94. The largest absolute Gasteiger partial charge is 0.395 e. The van der Waals surface area contributed by atoms with Gasteiger partial charge < -0.3 is 15.7 Å². The van der Waals surface area contributed by atoms with E-state index in [4.69, 9.17) is 5.11 Å². The molecule has 4 heteroatoms. The predicted octanol–water partition coefficient (Wildman–Crippen LogP) is 2.79. The molecule has 0 heterocycles. The van der Waals surface area contributed by atoms with Gasteiger partial charge in [0.1, 0.15) is 0 Å². The van der Waals surface area contributed by atoms with Crippen LogP contribution in [0.4, 0.5) is 5.69 Å². The zero-order chi connectivity index (χ0) is 15.1. The van der Waals surface area contributed by atoms with Gasteiger partial charge in [-0.25, -0.2) is 0 Å². The molecule has 0 bridgehead atoms. The summed E-state index contributed by atoms with van der Waals surface area (Å²) in [6, 6.07) is 8.13. The highest BCUT2D eigenvalue weighted by Gasteiger charge is 2.20. The third kappa shape index (κ3) is 4.74. The van der Waals surface area contributed by atoms with Crippen molar-refractivity contribution in [2.75, 3.05) is 18.5 Å². The van der Waals surface area contributed by atoms with Gasteiger partial charge in [0.05, 0.1) is 6.61 Å². The van der Waals surface area contributed by atoms with Crippen molar-refractivity contribution in [2.45, 2.75) is 45.1 Å². The Kier molecular flexibility index (Phi) is 6.05. The SMILES string of the molecule is CCC1CCCC(Nc2ccc(C(=O)NCCO)cc2)C1. The molecule has 1 aromatic rings. The van der Waals surface area contributed by atoms with E-state index < -0.39 is 0 Å². The first-order valence-electron chi connectivity index (χ1n) is 7.98. The molecular weight excluding hydrogens is 264 g/mol. The van der Waals surface area contributed by atoms with E-state index in [-0.39, 0.29) is 12.5 Å². The maximum Gasteiger partial charge on any atom is 0.251 e. The monoisotopic (exact) mass is 290 g/mol. The van der Waals surface area contributed by atoms with Crippen molar-refractivity contribution >= 4 is 11.6 Å². The van der Waals surface area contributed by atoms with Crippen LogP contribution in [0.2, 0.25) is 0 Å². The molecule has 2 unspecified atom stereocenters. The lowest BCUT2D eigenvalue weighted by atomic mass is 9.84. The minimum absolute atomic E-state index is 0.0361. The highest BCUT2D eigenvalue weighted by Crippen LogP contribution is 2.28. The summed E-state index contributed by atoms with van der Waals surface area (Å²) in [5.74, 6) is 0.707. The topological polar surface area (TPSA) is 61.4 Å². The second-order valence-corrected chi connectivity index (χ2v) is 5.84. The van der Waals surface area contributed by atoms with Gasteiger partial charge in [-0.15, -0.1) is 0 Å². The molecule has 0 spiro atoms. The molecule has 0 aromatic heterocycles. The molecule has 116 valence electrons. The zero-order valence-electron chi connectivity index (χ0n) is 12.8. The van der Waals surface area contributed by atoms with Crippen molar-refractivity contribution < 1.29 is 9.90 Å². The van der Waals surface area contributed by atoms with Crippen molar-refractivity contribution in [3.63, 3.8) is 0 Å². The van der Waals surface area contributed by atoms with Gasteiger partial charge in [-0.3, -0.25) is 4.79 Å². The van der Waals surface area contributed by atoms with Crippen LogP contribution >= 0.6 is 0 Å². The molecule has 1 amide bonds. The molecule has 2 rings (SSSR count). The molecule has 0 saturated heterocycles. The third-order valence-corrected chi connectivity index (χ3v) is 4.28. The molecule has 3 N–H and O–H groups in total. The van der Waals surface area contributed by atoms with Crippen LogP contribution in [0.3, 0.4) is 0 Å². The average molecular weight is 290 g/mol. The first-order valence-corrected chi connectivity index (χ1v) is 7.98. The molecule has 1 aliphatic rings. The Morgan fingerprint density at radius 3 is 2.71 bits per heavy atom. The standard InChI is InChI=1S/C17H26N2O2/c1-2-13-4-3-5-16(12-13)19-15-8-6-14(7-9-15)17(21)18-10-11-20/h6-9,13,16,19-20H,2-5,10-12H2,1H3,(H,18,21). The number of nitrogens with one attached hydrogen (secondary N) is 2. The van der Waals surface area contributed by atoms with Crippen LogP contribution in [0, 0.1) is 5.92 Å². The van der Waals surface area contributed by atoms with E-state index in [2.05, 4.69) is 17.6 Å². The maximum atomic E-state index is 11.7. The van der Waals surface area contributed by atoms with Crippen LogP contribution in [-0.4, -0.2) is 30.2 Å². The molecular formula is C17H26N2O2. The van der Waals surface area contributed by atoms with Crippen LogP contribution in [0.1, 0.15) is 49.4 Å². The van der Waals surface area contributed by atoms with Crippen LogP contribution in [0.5, 0.6) is 0 Å². The second-order valence-electron chi connectivity index (χ2n) is 5.84. The summed E-state index contributed by atoms with van der Waals surface area (Å²) in [6.07, 6.45) is 6.41. The molecule has 1 aliphatic carbocycles. The van der Waals surface area contributed by atoms with Crippen molar-refractivity contribution in [3.05, 3.63) is 29.8 Å². The lowest BCUT2D eigenvalue weighted by molar-refractivity contribution is 0.0945. The van der Waals surface area contributed by atoms with E-state index in [1.165, 1.54) is 32.1 Å². The minimum atomic E-state index is -0.140. The summed E-state index contributed by atoms with van der Waals surface area (Å²) in [4.78, 5) is 11.7. The highest BCUT2D eigenvalue weighted by atomic mass is 16.3. The number of benzene rings is 1. The molecule has 1 fully saturated rings. The molecule has 4 nitrogen and oxygen atoms in total. The van der Waals surface area contributed by atoms with Crippen LogP contribution in [0.25, 0.3) is 0 Å². The number of amides is 1. The number of hydrogen-bond acceptors (Lipinski definition) is 3. The van der Waals surface area contributed by atoms with Crippen LogP contribution in [-0.2, 0) is 0 Å². The fraction of sp³-hybridized carbons (Fsp3) is 0.588. The van der Waals surface area contributed by atoms with Gasteiger partial charge in [-0.1, -0.05) is 26.2 Å². The first-order chi connectivity index (χ1) is 10.2. The van der Waals surface area contributed by atoms with Gasteiger partial charge in [0.15, 0.2) is 0 Å². The van der Waals surface area contributed by atoms with E-state index in [0.717, 1.165) is 11.6 Å². The summed E-state index contributed by atoms with van der Waals surface area (Å²) in [6.45, 7) is 2.53. The third-order valence-electron chi connectivity index (χ3n) is 4.28. The smallest absolute Gasteiger partial charge is 0.251 e. The Labute approximate surface area is 126 Å². The number of aliphatic hydroxyl groups excluding tert-OH is 1. The number of rotatable bonds is 6. The van der Waals surface area contributed by atoms with Crippen LogP contribution < -0.4 is 10.6 Å². The van der Waals surface area contributed by atoms with Crippen molar-refractivity contribution in [1.82, 2.24) is 5.32 Å². The van der Waals surface area contributed by atoms with Gasteiger partial charge >= 0.3 is 0 Å². The van der Waals surface area contributed by atoms with Gasteiger partial charge in [0, 0.05) is 23.8 Å². The van der Waals surface area contributed by atoms with E-state index in [1.807, 2.05) is 24.3 Å². The fourth-order valence-corrected chi connectivity index (χ4v) is 3.02. The lowest BCUT2D eigenvalue weighted by Crippen LogP contribution is -2.27. The summed E-state index contributed by atoms with van der Waals surface area (Å²) in [5.41, 5.74) is 1.71. The summed E-state index contributed by atoms with van der Waals surface area (Å²) < 4.78 is 0. The molecule has 0 radical (unpaired) electrons. The Bertz CT molecular complexity index is 445. The van der Waals surface area contributed by atoms with Crippen molar-refractivity contribution in [2.24, 2.45) is 5.92 Å². The average Bonchev–Trinajstić information content (AvgIpc) is 2.53. The number of hydrogen-bond donors (Lipinski definition) is 3. The van der Waals surface area contributed by atoms with E-state index in [1.54, 1.807) is 0 Å². The Hall–Kier alpha value is -1.55. The fourth-order valence-electron chi connectivity index (χ4n) is 3.02. The van der Waals surface area contributed by atoms with Gasteiger partial charge in [0.2, 0.25) is 0 Å². The Morgan fingerprint density at radius 2 is 2.05 bits per heavy atom. The van der Waals surface area contributed by atoms with E-state index in [0.29, 0.717) is 18.2 Å². The van der Waals surface area contributed by atoms with E-state index >= 15 is 0 Å². The normalized spacial score (nSPS) is 21.8. The summed E-state index contributed by atoms with van der Waals surface area (Å²) in [5, 5.41) is 14.9. The van der Waals surface area contributed by atoms with Crippen LogP contribution in [0.15, 0.2) is 24.3 Å². The number of carbonyl (C=O) groups is 1. The Morgan fingerprint density at radius 1 is 1.29 bits per heavy atom. The van der Waals surface area contributed by atoms with Gasteiger partial charge in [-0.2, -0.15) is 0 Å². The second kappa shape index (κ2) is 8.03. The number of aliphatic hydroxyl groups is 1. The molecule has 0 aliphatic heterocycles. The van der Waals surface area contributed by atoms with Gasteiger partial charge in [0.25, 0.3) is 5.91 Å². The summed E-state index contributed by atoms with van der Waals surface area (Å²) >= 11 is 0. The molecule has 1 aromatic carbocycles. The zero-order valence-corrected chi connectivity index (χ0v) is 12.8. The quantitative estimate of drug-likeness (QED) is 0.755. The molecule has 2 atom stereocenters.